The molecule has 1 saturated heterocycles. The van der Waals surface area contributed by atoms with Gasteiger partial charge < -0.3 is 5.32 Å². The molecular formula is C11H16BrClN2O2S. The van der Waals surface area contributed by atoms with E-state index in [-0.39, 0.29) is 18.4 Å². The summed E-state index contributed by atoms with van der Waals surface area (Å²) in [5, 5.41) is 3.18. The molecule has 1 aromatic rings. The lowest BCUT2D eigenvalue weighted by molar-refractivity contribution is 0.428. The largest absolute Gasteiger partial charge is 0.315 e. The third-order valence-corrected chi connectivity index (χ3v) is 5.28. The van der Waals surface area contributed by atoms with Crippen LogP contribution in [-0.4, -0.2) is 27.5 Å². The minimum Gasteiger partial charge on any atom is -0.315 e. The van der Waals surface area contributed by atoms with E-state index in [9.17, 15) is 8.42 Å². The molecule has 1 unspecified atom stereocenters. The molecule has 0 amide bonds. The fraction of sp³-hybridized carbons (Fsp3) is 0.455. The highest BCUT2D eigenvalue weighted by molar-refractivity contribution is 9.10. The van der Waals surface area contributed by atoms with Crippen molar-refractivity contribution in [1.29, 1.82) is 0 Å². The highest BCUT2D eigenvalue weighted by Crippen LogP contribution is 2.21. The number of halogens is 2. The summed E-state index contributed by atoms with van der Waals surface area (Å²) in [7, 11) is -3.43. The third kappa shape index (κ3) is 3.93. The molecule has 0 aliphatic carbocycles. The van der Waals surface area contributed by atoms with E-state index in [0.29, 0.717) is 15.9 Å². The second-order valence-electron chi connectivity index (χ2n) is 4.09. The monoisotopic (exact) mass is 354 g/mol. The summed E-state index contributed by atoms with van der Waals surface area (Å²) in [6, 6.07) is 6.83. The Morgan fingerprint density at radius 2 is 2.06 bits per heavy atom. The van der Waals surface area contributed by atoms with Crippen LogP contribution in [0.2, 0.25) is 0 Å². The van der Waals surface area contributed by atoms with Crippen molar-refractivity contribution < 1.29 is 8.42 Å². The normalized spacial score (nSPS) is 20.2. The van der Waals surface area contributed by atoms with Gasteiger partial charge in [-0.25, -0.2) is 13.1 Å². The maximum Gasteiger partial charge on any atom is 0.241 e. The Morgan fingerprint density at radius 3 is 2.67 bits per heavy atom. The first-order valence-corrected chi connectivity index (χ1v) is 7.85. The Bertz CT molecular complexity index is 490. The van der Waals surface area contributed by atoms with Gasteiger partial charge in [0.25, 0.3) is 0 Å². The van der Waals surface area contributed by atoms with Crippen LogP contribution in [0.1, 0.15) is 12.8 Å². The molecule has 1 heterocycles. The third-order valence-electron chi connectivity index (χ3n) is 2.74. The smallest absolute Gasteiger partial charge is 0.241 e. The molecule has 0 bridgehead atoms. The molecule has 4 nitrogen and oxygen atoms in total. The Labute approximate surface area is 122 Å². The molecule has 0 spiro atoms. The summed E-state index contributed by atoms with van der Waals surface area (Å²) in [6.07, 6.45) is 1.89. The van der Waals surface area contributed by atoms with Crippen LogP contribution >= 0.6 is 28.3 Å². The van der Waals surface area contributed by atoms with Crippen LogP contribution in [-0.2, 0) is 10.0 Å². The van der Waals surface area contributed by atoms with Crippen LogP contribution < -0.4 is 10.0 Å². The van der Waals surface area contributed by atoms with E-state index in [1.54, 1.807) is 24.3 Å². The molecule has 1 aliphatic rings. The molecule has 18 heavy (non-hydrogen) atoms. The summed E-state index contributed by atoms with van der Waals surface area (Å²) in [5.41, 5.74) is 0. The van der Waals surface area contributed by atoms with E-state index >= 15 is 0 Å². The SMILES string of the molecule is Cl.O=S(=O)(NC1CCCNC1)c1ccccc1Br. The van der Waals surface area contributed by atoms with Gasteiger partial charge in [-0.2, -0.15) is 0 Å². The molecule has 0 saturated carbocycles. The number of nitrogens with one attached hydrogen (secondary N) is 2. The standard InChI is InChI=1S/C11H15BrN2O2S.ClH/c12-10-5-1-2-6-11(10)17(15,16)14-9-4-3-7-13-8-9;/h1-2,5-6,9,13-14H,3-4,7-8H2;1H. The van der Waals surface area contributed by atoms with Gasteiger partial charge in [0, 0.05) is 17.1 Å². The highest BCUT2D eigenvalue weighted by atomic mass is 79.9. The van der Waals surface area contributed by atoms with Gasteiger partial charge in [-0.3, -0.25) is 0 Å². The van der Waals surface area contributed by atoms with Gasteiger partial charge in [-0.05, 0) is 47.4 Å². The quantitative estimate of drug-likeness (QED) is 0.870. The van der Waals surface area contributed by atoms with Gasteiger partial charge >= 0.3 is 0 Å². The van der Waals surface area contributed by atoms with Gasteiger partial charge in [0.15, 0.2) is 0 Å². The van der Waals surface area contributed by atoms with Crippen molar-refractivity contribution >= 4 is 38.4 Å². The summed E-state index contributed by atoms with van der Waals surface area (Å²) >= 11 is 3.26. The fourth-order valence-electron chi connectivity index (χ4n) is 1.90. The first-order valence-electron chi connectivity index (χ1n) is 5.57. The number of hydrogen-bond donors (Lipinski definition) is 2. The lowest BCUT2D eigenvalue weighted by Crippen LogP contribution is -2.45. The molecule has 1 atom stereocenters. The molecule has 0 radical (unpaired) electrons. The summed E-state index contributed by atoms with van der Waals surface area (Å²) < 4.78 is 27.6. The fourth-order valence-corrected chi connectivity index (χ4v) is 4.17. The summed E-state index contributed by atoms with van der Waals surface area (Å²) in [5.74, 6) is 0. The van der Waals surface area contributed by atoms with E-state index in [0.717, 1.165) is 19.4 Å². The van der Waals surface area contributed by atoms with Gasteiger partial charge in [-0.1, -0.05) is 12.1 Å². The van der Waals surface area contributed by atoms with Crippen LogP contribution in [0.4, 0.5) is 0 Å². The second kappa shape index (κ2) is 6.86. The second-order valence-corrected chi connectivity index (χ2v) is 6.63. The lowest BCUT2D eigenvalue weighted by atomic mass is 10.1. The molecular weight excluding hydrogens is 340 g/mol. The zero-order valence-corrected chi connectivity index (χ0v) is 12.9. The van der Waals surface area contributed by atoms with Crippen LogP contribution in [0.5, 0.6) is 0 Å². The Kier molecular flexibility index (Phi) is 6.07. The van der Waals surface area contributed by atoms with Gasteiger partial charge in [0.1, 0.15) is 0 Å². The molecule has 1 aromatic carbocycles. The minimum absolute atomic E-state index is 0. The molecule has 1 fully saturated rings. The maximum absolute atomic E-state index is 12.2. The van der Waals surface area contributed by atoms with Gasteiger partial charge in [-0.15, -0.1) is 12.4 Å². The number of benzene rings is 1. The van der Waals surface area contributed by atoms with E-state index in [2.05, 4.69) is 26.0 Å². The highest BCUT2D eigenvalue weighted by Gasteiger charge is 2.22. The minimum atomic E-state index is -3.43. The zero-order valence-electron chi connectivity index (χ0n) is 9.73. The van der Waals surface area contributed by atoms with Crippen LogP contribution in [0, 0.1) is 0 Å². The molecule has 7 heteroatoms. The van der Waals surface area contributed by atoms with E-state index in [4.69, 9.17) is 0 Å². The first kappa shape index (κ1) is 15.9. The van der Waals surface area contributed by atoms with Crippen molar-refractivity contribution in [2.75, 3.05) is 13.1 Å². The molecule has 2 N–H and O–H groups in total. The molecule has 102 valence electrons. The summed E-state index contributed by atoms with van der Waals surface area (Å²) in [6.45, 7) is 1.66. The average molecular weight is 356 g/mol. The Morgan fingerprint density at radius 1 is 1.33 bits per heavy atom. The number of piperidine rings is 1. The average Bonchev–Trinajstić information content (AvgIpc) is 2.30. The lowest BCUT2D eigenvalue weighted by Gasteiger charge is -2.23. The predicted molar refractivity (Wildman–Crippen MR) is 77.6 cm³/mol. The maximum atomic E-state index is 12.2. The van der Waals surface area contributed by atoms with Crippen molar-refractivity contribution in [2.45, 2.75) is 23.8 Å². The summed E-state index contributed by atoms with van der Waals surface area (Å²) in [4.78, 5) is 0.297. The van der Waals surface area contributed by atoms with Crippen molar-refractivity contribution in [3.8, 4) is 0 Å². The Balaban J connectivity index is 0.00000162. The van der Waals surface area contributed by atoms with E-state index in [1.165, 1.54) is 0 Å². The van der Waals surface area contributed by atoms with E-state index < -0.39 is 10.0 Å². The van der Waals surface area contributed by atoms with Gasteiger partial charge in [0.2, 0.25) is 10.0 Å². The number of rotatable bonds is 3. The van der Waals surface area contributed by atoms with E-state index in [1.807, 2.05) is 0 Å². The van der Waals surface area contributed by atoms with Crippen molar-refractivity contribution in [2.24, 2.45) is 0 Å². The van der Waals surface area contributed by atoms with Crippen molar-refractivity contribution in [3.05, 3.63) is 28.7 Å². The first-order chi connectivity index (χ1) is 8.09. The topological polar surface area (TPSA) is 58.2 Å². The van der Waals surface area contributed by atoms with Gasteiger partial charge in [0.05, 0.1) is 4.90 Å². The molecule has 1 aliphatic heterocycles. The number of hydrogen-bond acceptors (Lipinski definition) is 3. The predicted octanol–water partition coefficient (Wildman–Crippen LogP) is 1.90. The van der Waals surface area contributed by atoms with Crippen LogP contribution in [0.15, 0.2) is 33.6 Å². The number of sulfonamides is 1. The molecule has 2 rings (SSSR count). The Hall–Kier alpha value is -0.140. The van der Waals surface area contributed by atoms with Crippen molar-refractivity contribution in [1.82, 2.24) is 10.0 Å². The van der Waals surface area contributed by atoms with Crippen LogP contribution in [0.25, 0.3) is 0 Å². The molecule has 0 aromatic heterocycles. The zero-order chi connectivity index (χ0) is 12.3. The van der Waals surface area contributed by atoms with Crippen LogP contribution in [0.3, 0.4) is 0 Å². The van der Waals surface area contributed by atoms with Crippen molar-refractivity contribution in [3.63, 3.8) is 0 Å².